The summed E-state index contributed by atoms with van der Waals surface area (Å²) in [7, 11) is 0. The van der Waals surface area contributed by atoms with Gasteiger partial charge in [0.25, 0.3) is 0 Å². The molecular formula is C24H27FO8. The molecule has 2 aromatic carbocycles. The summed E-state index contributed by atoms with van der Waals surface area (Å²) in [6.07, 6.45) is -3.64. The van der Waals surface area contributed by atoms with E-state index in [0.29, 0.717) is 24.5 Å². The molecule has 2 aromatic rings. The van der Waals surface area contributed by atoms with Gasteiger partial charge in [-0.25, -0.2) is 4.39 Å². The summed E-state index contributed by atoms with van der Waals surface area (Å²) in [4.78, 5) is 0. The van der Waals surface area contributed by atoms with Gasteiger partial charge in [-0.15, -0.1) is 0 Å². The van der Waals surface area contributed by atoms with E-state index in [1.807, 2.05) is 24.3 Å². The van der Waals surface area contributed by atoms with Gasteiger partial charge in [-0.05, 0) is 35.4 Å². The molecule has 3 aliphatic rings. The highest BCUT2D eigenvalue weighted by Crippen LogP contribution is 2.49. The highest BCUT2D eigenvalue weighted by atomic mass is 19.1. The molecule has 0 aromatic heterocycles. The van der Waals surface area contributed by atoms with Crippen LogP contribution in [0, 0.1) is 5.82 Å². The van der Waals surface area contributed by atoms with Crippen LogP contribution in [0.1, 0.15) is 23.1 Å². The Morgan fingerprint density at radius 3 is 2.55 bits per heavy atom. The van der Waals surface area contributed by atoms with E-state index in [1.165, 1.54) is 18.2 Å². The predicted molar refractivity (Wildman–Crippen MR) is 112 cm³/mol. The number of halogens is 1. The highest BCUT2D eigenvalue weighted by Gasteiger charge is 2.67. The van der Waals surface area contributed by atoms with Crippen LogP contribution in [0.2, 0.25) is 0 Å². The molecule has 3 saturated heterocycles. The topological polar surface area (TPSA) is 118 Å². The summed E-state index contributed by atoms with van der Waals surface area (Å²) in [5.74, 6) is -1.56. The summed E-state index contributed by atoms with van der Waals surface area (Å²) in [6, 6.07) is 11.5. The van der Waals surface area contributed by atoms with E-state index < -0.39 is 42.1 Å². The second-order valence-corrected chi connectivity index (χ2v) is 8.89. The first-order chi connectivity index (χ1) is 15.9. The van der Waals surface area contributed by atoms with E-state index in [9.17, 15) is 24.8 Å². The Labute approximate surface area is 190 Å². The molecule has 4 N–H and O–H groups in total. The van der Waals surface area contributed by atoms with Crippen molar-refractivity contribution in [2.75, 3.05) is 26.4 Å². The van der Waals surface area contributed by atoms with E-state index in [0.717, 1.165) is 12.0 Å². The van der Waals surface area contributed by atoms with Gasteiger partial charge in [0.05, 0.1) is 26.4 Å². The van der Waals surface area contributed by atoms with Gasteiger partial charge in [0.15, 0.2) is 0 Å². The van der Waals surface area contributed by atoms with Gasteiger partial charge in [-0.3, -0.25) is 0 Å². The van der Waals surface area contributed by atoms with Crippen LogP contribution in [0.3, 0.4) is 0 Å². The zero-order valence-corrected chi connectivity index (χ0v) is 17.9. The predicted octanol–water partition coefficient (Wildman–Crippen LogP) is 0.611. The fraction of sp³-hybridized carbons (Fsp3) is 0.500. The summed E-state index contributed by atoms with van der Waals surface area (Å²) >= 11 is 0. The average Bonchev–Trinajstić information content (AvgIpc) is 3.48. The van der Waals surface area contributed by atoms with Crippen LogP contribution in [-0.2, 0) is 26.4 Å². The summed E-state index contributed by atoms with van der Waals surface area (Å²) in [6.45, 7) is 0.409. The van der Waals surface area contributed by atoms with Gasteiger partial charge in [0.1, 0.15) is 41.6 Å². The fourth-order valence-corrected chi connectivity index (χ4v) is 4.71. The molecule has 3 fully saturated rings. The van der Waals surface area contributed by atoms with Crippen molar-refractivity contribution in [3.05, 3.63) is 65.0 Å². The van der Waals surface area contributed by atoms with Crippen molar-refractivity contribution in [2.45, 2.75) is 48.6 Å². The number of hydrogen-bond donors (Lipinski definition) is 4. The number of benzene rings is 2. The van der Waals surface area contributed by atoms with Gasteiger partial charge in [-0.2, -0.15) is 0 Å². The van der Waals surface area contributed by atoms with Crippen molar-refractivity contribution in [1.82, 2.24) is 0 Å². The van der Waals surface area contributed by atoms with Crippen molar-refractivity contribution >= 4 is 0 Å². The molecule has 1 unspecified atom stereocenters. The molecule has 3 heterocycles. The van der Waals surface area contributed by atoms with Gasteiger partial charge in [0.2, 0.25) is 5.79 Å². The lowest BCUT2D eigenvalue weighted by molar-refractivity contribution is -0.329. The maximum Gasteiger partial charge on any atom is 0.225 e. The Hall–Kier alpha value is -2.11. The van der Waals surface area contributed by atoms with Crippen LogP contribution < -0.4 is 4.74 Å². The molecular weight excluding hydrogens is 435 g/mol. The Bertz CT molecular complexity index is 994. The molecule has 3 aliphatic heterocycles. The van der Waals surface area contributed by atoms with Crippen LogP contribution in [0.4, 0.5) is 4.39 Å². The van der Waals surface area contributed by atoms with E-state index in [1.54, 1.807) is 0 Å². The Balaban J connectivity index is 1.38. The lowest BCUT2D eigenvalue weighted by atomic mass is 9.83. The maximum atomic E-state index is 14.7. The van der Waals surface area contributed by atoms with Crippen molar-refractivity contribution in [2.24, 2.45) is 0 Å². The number of fused-ring (bicyclic) bond motifs is 2. The third-order valence-corrected chi connectivity index (χ3v) is 6.69. The van der Waals surface area contributed by atoms with Crippen LogP contribution in [-0.4, -0.2) is 76.9 Å². The number of ether oxygens (including phenoxy) is 4. The van der Waals surface area contributed by atoms with Crippen molar-refractivity contribution in [3.63, 3.8) is 0 Å². The molecule has 0 radical (unpaired) electrons. The molecule has 0 amide bonds. The minimum Gasteiger partial charge on any atom is -0.488 e. The maximum absolute atomic E-state index is 14.7. The lowest BCUT2D eigenvalue weighted by Gasteiger charge is -2.45. The molecule has 0 spiro atoms. The van der Waals surface area contributed by atoms with E-state index in [4.69, 9.17) is 18.9 Å². The van der Waals surface area contributed by atoms with Gasteiger partial charge >= 0.3 is 0 Å². The van der Waals surface area contributed by atoms with Gasteiger partial charge < -0.3 is 39.4 Å². The first-order valence-corrected chi connectivity index (χ1v) is 11.0. The van der Waals surface area contributed by atoms with Crippen LogP contribution in [0.5, 0.6) is 5.75 Å². The number of aliphatic hydroxyl groups excluding tert-OH is 4. The molecule has 33 heavy (non-hydrogen) atoms. The molecule has 0 aliphatic carbocycles. The summed E-state index contributed by atoms with van der Waals surface area (Å²) in [5.41, 5.74) is -0.112. The van der Waals surface area contributed by atoms with Crippen LogP contribution in [0.15, 0.2) is 42.5 Å². The molecule has 5 rings (SSSR count). The minimum atomic E-state index is -1.83. The number of rotatable bonds is 6. The quantitative estimate of drug-likeness (QED) is 0.494. The van der Waals surface area contributed by atoms with Gasteiger partial charge in [0, 0.05) is 18.4 Å². The fourth-order valence-electron chi connectivity index (χ4n) is 4.71. The molecule has 8 nitrogen and oxygen atoms in total. The Morgan fingerprint density at radius 2 is 1.85 bits per heavy atom. The first kappa shape index (κ1) is 22.7. The second kappa shape index (κ2) is 8.59. The van der Waals surface area contributed by atoms with E-state index in [2.05, 4.69) is 0 Å². The third-order valence-electron chi connectivity index (χ3n) is 6.69. The second-order valence-electron chi connectivity index (χ2n) is 8.89. The molecule has 9 heteroatoms. The average molecular weight is 462 g/mol. The lowest BCUT2D eigenvalue weighted by Crippen LogP contribution is -2.65. The standard InChI is InChI=1S/C24H27FO8/c25-19-6-3-16(24-22(29)20(27)21(28)23(12-26,33-24)13-31-24)10-15(19)9-14-1-4-17(5-2-14)32-18-7-8-30-11-18/h1-6,10,18,20-22,26-29H,7-9,11-13H2/t18?,20-,21-,22+,23-,24-/m0/s1. The molecule has 0 saturated carbocycles. The minimum absolute atomic E-state index is 0.0393. The van der Waals surface area contributed by atoms with Crippen molar-refractivity contribution < 1.29 is 43.8 Å². The van der Waals surface area contributed by atoms with Crippen molar-refractivity contribution in [1.29, 1.82) is 0 Å². The number of hydrogen-bond acceptors (Lipinski definition) is 8. The van der Waals surface area contributed by atoms with E-state index in [-0.39, 0.29) is 24.7 Å². The highest BCUT2D eigenvalue weighted by molar-refractivity contribution is 5.36. The van der Waals surface area contributed by atoms with Gasteiger partial charge in [-0.1, -0.05) is 18.2 Å². The van der Waals surface area contributed by atoms with Crippen LogP contribution in [0.25, 0.3) is 0 Å². The first-order valence-electron chi connectivity index (χ1n) is 11.0. The molecule has 2 bridgehead atoms. The zero-order chi connectivity index (χ0) is 23.2. The summed E-state index contributed by atoms with van der Waals surface area (Å²) < 4.78 is 37.4. The SMILES string of the molecule is OC[C@@]12CO[C@@](c3ccc(F)c(Cc4ccc(OC5CCOC5)cc4)c3)(O1)[C@H](O)[C@@H](O)[C@@H]2O. The van der Waals surface area contributed by atoms with Crippen molar-refractivity contribution in [3.8, 4) is 5.75 Å². The van der Waals surface area contributed by atoms with Crippen LogP contribution >= 0.6 is 0 Å². The zero-order valence-electron chi connectivity index (χ0n) is 17.9. The molecule has 6 atom stereocenters. The van der Waals surface area contributed by atoms with E-state index >= 15 is 0 Å². The largest absolute Gasteiger partial charge is 0.488 e. The Kier molecular flexibility index (Phi) is 5.90. The summed E-state index contributed by atoms with van der Waals surface area (Å²) in [5, 5.41) is 41.1. The Morgan fingerprint density at radius 1 is 1.06 bits per heavy atom. The smallest absolute Gasteiger partial charge is 0.225 e. The third kappa shape index (κ3) is 3.83. The monoisotopic (exact) mass is 462 g/mol. The number of aliphatic hydroxyl groups is 4. The normalized spacial score (nSPS) is 35.7. The molecule has 178 valence electrons.